The van der Waals surface area contributed by atoms with Crippen molar-refractivity contribution in [2.75, 3.05) is 0 Å². The third-order valence-electron chi connectivity index (χ3n) is 2.21. The summed E-state index contributed by atoms with van der Waals surface area (Å²) < 4.78 is 0. The largest absolute Gasteiger partial charge is 0.324 e. The lowest BCUT2D eigenvalue weighted by Crippen LogP contribution is -2.13. The zero-order valence-electron chi connectivity index (χ0n) is 8.55. The van der Waals surface area contributed by atoms with E-state index in [1.54, 1.807) is 17.5 Å². The van der Waals surface area contributed by atoms with Gasteiger partial charge in [0.05, 0.1) is 10.7 Å². The summed E-state index contributed by atoms with van der Waals surface area (Å²) in [6.45, 7) is 2.00. The molecule has 0 aromatic carbocycles. The molecule has 0 bridgehead atoms. The lowest BCUT2D eigenvalue weighted by molar-refractivity contribution is 0.705. The zero-order valence-corrected chi connectivity index (χ0v) is 9.37. The Hall–Kier alpha value is -1.26. The standard InChI is InChI=1S/C11H13N3S/c1-8-14-10(7-15-8)5-11(12)9-3-2-4-13-6-9/h2-4,6-7,11H,5,12H2,1H3. The molecule has 2 rings (SSSR count). The van der Waals surface area contributed by atoms with Crippen LogP contribution in [0.5, 0.6) is 0 Å². The van der Waals surface area contributed by atoms with Crippen molar-refractivity contribution in [2.45, 2.75) is 19.4 Å². The van der Waals surface area contributed by atoms with E-state index in [2.05, 4.69) is 15.3 Å². The molecule has 0 aliphatic carbocycles. The number of aromatic nitrogens is 2. The van der Waals surface area contributed by atoms with E-state index in [0.29, 0.717) is 0 Å². The van der Waals surface area contributed by atoms with Gasteiger partial charge in [-0.1, -0.05) is 6.07 Å². The molecule has 2 heterocycles. The number of pyridine rings is 1. The fraction of sp³-hybridized carbons (Fsp3) is 0.273. The molecule has 2 N–H and O–H groups in total. The topological polar surface area (TPSA) is 51.8 Å². The van der Waals surface area contributed by atoms with Crippen LogP contribution in [0.15, 0.2) is 29.9 Å². The van der Waals surface area contributed by atoms with Gasteiger partial charge in [-0.2, -0.15) is 0 Å². The Bertz CT molecular complexity index is 424. The maximum Gasteiger partial charge on any atom is 0.0897 e. The van der Waals surface area contributed by atoms with Gasteiger partial charge in [0, 0.05) is 30.2 Å². The van der Waals surface area contributed by atoms with Gasteiger partial charge in [0.1, 0.15) is 0 Å². The van der Waals surface area contributed by atoms with E-state index < -0.39 is 0 Å². The van der Waals surface area contributed by atoms with Crippen molar-refractivity contribution >= 4 is 11.3 Å². The first-order chi connectivity index (χ1) is 7.25. The van der Waals surface area contributed by atoms with Gasteiger partial charge in [-0.25, -0.2) is 4.98 Å². The molecule has 0 amide bonds. The van der Waals surface area contributed by atoms with Crippen molar-refractivity contribution in [3.8, 4) is 0 Å². The molecule has 0 spiro atoms. The summed E-state index contributed by atoms with van der Waals surface area (Å²) >= 11 is 1.66. The van der Waals surface area contributed by atoms with Gasteiger partial charge >= 0.3 is 0 Å². The zero-order chi connectivity index (χ0) is 10.7. The van der Waals surface area contributed by atoms with E-state index in [9.17, 15) is 0 Å². The quantitative estimate of drug-likeness (QED) is 0.860. The molecule has 4 heteroatoms. The highest BCUT2D eigenvalue weighted by Crippen LogP contribution is 2.16. The van der Waals surface area contributed by atoms with Crippen LogP contribution in [0.2, 0.25) is 0 Å². The lowest BCUT2D eigenvalue weighted by atomic mass is 10.1. The van der Waals surface area contributed by atoms with Crippen LogP contribution in [0.25, 0.3) is 0 Å². The molecular formula is C11H13N3S. The second kappa shape index (κ2) is 4.51. The normalized spacial score (nSPS) is 12.7. The minimum Gasteiger partial charge on any atom is -0.324 e. The van der Waals surface area contributed by atoms with Gasteiger partial charge < -0.3 is 5.73 Å². The van der Waals surface area contributed by atoms with E-state index in [0.717, 1.165) is 22.7 Å². The summed E-state index contributed by atoms with van der Waals surface area (Å²) in [5.74, 6) is 0. The molecule has 1 unspecified atom stereocenters. The van der Waals surface area contributed by atoms with Crippen LogP contribution < -0.4 is 5.73 Å². The summed E-state index contributed by atoms with van der Waals surface area (Å²) in [6.07, 6.45) is 4.34. The molecule has 3 nitrogen and oxygen atoms in total. The fourth-order valence-electron chi connectivity index (χ4n) is 1.44. The third kappa shape index (κ3) is 2.61. The first-order valence-corrected chi connectivity index (χ1v) is 5.70. The highest BCUT2D eigenvalue weighted by molar-refractivity contribution is 7.09. The van der Waals surface area contributed by atoms with Crippen LogP contribution in [-0.4, -0.2) is 9.97 Å². The smallest absolute Gasteiger partial charge is 0.0897 e. The van der Waals surface area contributed by atoms with E-state index >= 15 is 0 Å². The number of hydrogen-bond donors (Lipinski definition) is 1. The van der Waals surface area contributed by atoms with Crippen molar-refractivity contribution in [1.29, 1.82) is 0 Å². The fourth-order valence-corrected chi connectivity index (χ4v) is 2.07. The second-order valence-corrected chi connectivity index (χ2v) is 4.52. The first-order valence-electron chi connectivity index (χ1n) is 4.82. The van der Waals surface area contributed by atoms with E-state index in [1.807, 2.05) is 25.3 Å². The predicted molar refractivity (Wildman–Crippen MR) is 61.7 cm³/mol. The average Bonchev–Trinajstić information content (AvgIpc) is 2.65. The predicted octanol–water partition coefficient (Wildman–Crippen LogP) is 2.09. The molecule has 2 aromatic heterocycles. The number of nitrogens with zero attached hydrogens (tertiary/aromatic N) is 2. The minimum atomic E-state index is -0.0137. The van der Waals surface area contributed by atoms with Gasteiger partial charge in [-0.05, 0) is 18.6 Å². The van der Waals surface area contributed by atoms with Crippen molar-refractivity contribution in [1.82, 2.24) is 9.97 Å². The van der Waals surface area contributed by atoms with Gasteiger partial charge in [0.2, 0.25) is 0 Å². The maximum atomic E-state index is 6.06. The summed E-state index contributed by atoms with van der Waals surface area (Å²) in [7, 11) is 0. The third-order valence-corrected chi connectivity index (χ3v) is 3.03. The van der Waals surface area contributed by atoms with Crippen LogP contribution in [0.1, 0.15) is 22.3 Å². The Kier molecular flexibility index (Phi) is 3.08. The second-order valence-electron chi connectivity index (χ2n) is 3.45. The molecule has 78 valence electrons. The molecule has 15 heavy (non-hydrogen) atoms. The molecule has 0 fully saturated rings. The Morgan fingerprint density at radius 2 is 2.40 bits per heavy atom. The molecule has 0 aliphatic rings. The molecule has 0 radical (unpaired) electrons. The highest BCUT2D eigenvalue weighted by atomic mass is 32.1. The number of thiazole rings is 1. The van der Waals surface area contributed by atoms with Crippen molar-refractivity contribution in [2.24, 2.45) is 5.73 Å². The maximum absolute atomic E-state index is 6.06. The Morgan fingerprint density at radius 3 is 3.00 bits per heavy atom. The molecular weight excluding hydrogens is 206 g/mol. The Morgan fingerprint density at radius 1 is 1.53 bits per heavy atom. The van der Waals surface area contributed by atoms with Crippen LogP contribution >= 0.6 is 11.3 Å². The van der Waals surface area contributed by atoms with Gasteiger partial charge in [-0.3, -0.25) is 4.98 Å². The summed E-state index contributed by atoms with van der Waals surface area (Å²) in [6, 6.07) is 3.89. The Labute approximate surface area is 93.0 Å². The van der Waals surface area contributed by atoms with Crippen molar-refractivity contribution in [3.63, 3.8) is 0 Å². The highest BCUT2D eigenvalue weighted by Gasteiger charge is 2.08. The van der Waals surface area contributed by atoms with Gasteiger partial charge in [0.25, 0.3) is 0 Å². The van der Waals surface area contributed by atoms with Gasteiger partial charge in [-0.15, -0.1) is 11.3 Å². The van der Waals surface area contributed by atoms with Crippen LogP contribution in [0.4, 0.5) is 0 Å². The molecule has 0 saturated carbocycles. The molecule has 0 aliphatic heterocycles. The van der Waals surface area contributed by atoms with E-state index in [1.165, 1.54) is 0 Å². The number of nitrogens with two attached hydrogens (primary N) is 1. The van der Waals surface area contributed by atoms with E-state index in [-0.39, 0.29) is 6.04 Å². The SMILES string of the molecule is Cc1nc(CC(N)c2cccnc2)cs1. The summed E-state index contributed by atoms with van der Waals surface area (Å²) in [4.78, 5) is 8.45. The van der Waals surface area contributed by atoms with Crippen molar-refractivity contribution in [3.05, 3.63) is 46.2 Å². The number of hydrogen-bond acceptors (Lipinski definition) is 4. The average molecular weight is 219 g/mol. The molecule has 0 saturated heterocycles. The number of rotatable bonds is 3. The van der Waals surface area contributed by atoms with Crippen LogP contribution in [-0.2, 0) is 6.42 Å². The van der Waals surface area contributed by atoms with Crippen molar-refractivity contribution < 1.29 is 0 Å². The first kappa shape index (κ1) is 10.3. The summed E-state index contributed by atoms with van der Waals surface area (Å²) in [5, 5.41) is 3.15. The number of aryl methyl sites for hydroxylation is 1. The molecule has 1 atom stereocenters. The van der Waals surface area contributed by atoms with E-state index in [4.69, 9.17) is 5.73 Å². The van der Waals surface area contributed by atoms with Gasteiger partial charge in [0.15, 0.2) is 0 Å². The summed E-state index contributed by atoms with van der Waals surface area (Å²) in [5.41, 5.74) is 8.18. The minimum absolute atomic E-state index is 0.0137. The van der Waals surface area contributed by atoms with Crippen LogP contribution in [0, 0.1) is 6.92 Å². The lowest BCUT2D eigenvalue weighted by Gasteiger charge is -2.09. The molecule has 2 aromatic rings. The monoisotopic (exact) mass is 219 g/mol. The van der Waals surface area contributed by atoms with Crippen LogP contribution in [0.3, 0.4) is 0 Å². The Balaban J connectivity index is 2.07.